The van der Waals surface area contributed by atoms with E-state index in [0.717, 1.165) is 16.5 Å². The summed E-state index contributed by atoms with van der Waals surface area (Å²) in [6.45, 7) is -0.0853. The highest BCUT2D eigenvalue weighted by Crippen LogP contribution is 2.36. The Morgan fingerprint density at radius 3 is 2.57 bits per heavy atom. The number of nitro benzene ring substituents is 1. The number of amides is 1. The van der Waals surface area contributed by atoms with Crippen LogP contribution in [-0.4, -0.2) is 55.3 Å². The van der Waals surface area contributed by atoms with Crippen LogP contribution in [0.1, 0.15) is 15.9 Å². The van der Waals surface area contributed by atoms with Crippen molar-refractivity contribution in [2.45, 2.75) is 12.6 Å². The smallest absolute Gasteiger partial charge is 0.331 e. The topological polar surface area (TPSA) is 117 Å². The van der Waals surface area contributed by atoms with Crippen LogP contribution in [0.3, 0.4) is 0 Å². The molecule has 0 aromatic heterocycles. The van der Waals surface area contributed by atoms with E-state index in [9.17, 15) is 19.7 Å². The summed E-state index contributed by atoms with van der Waals surface area (Å²) in [5.74, 6) is -1.15. The molecule has 2 aromatic carbocycles. The molecule has 30 heavy (non-hydrogen) atoms. The van der Waals surface area contributed by atoms with Gasteiger partial charge in [0.1, 0.15) is 18.9 Å². The second-order valence-electron chi connectivity index (χ2n) is 6.37. The summed E-state index contributed by atoms with van der Waals surface area (Å²) < 4.78 is 20.8. The Hall–Kier alpha value is -3.66. The molecule has 10 heteroatoms. The molecule has 0 aliphatic carbocycles. The summed E-state index contributed by atoms with van der Waals surface area (Å²) in [4.78, 5) is 36.9. The molecule has 3 rings (SSSR count). The molecule has 0 unspecified atom stereocenters. The Labute approximate surface area is 172 Å². The zero-order chi connectivity index (χ0) is 21.7. The second kappa shape index (κ2) is 9.23. The third-order valence-electron chi connectivity index (χ3n) is 4.56. The third-order valence-corrected chi connectivity index (χ3v) is 4.56. The molecule has 0 saturated carbocycles. The van der Waals surface area contributed by atoms with E-state index in [0.29, 0.717) is 0 Å². The SMILES string of the molecule is COC(=O)[C@@H]1COCN1C(=O)c1cc(OC)c(OCc2ccccc2)cc1[N+](=O)[O-]. The van der Waals surface area contributed by atoms with Crippen LogP contribution in [0, 0.1) is 10.1 Å². The zero-order valence-electron chi connectivity index (χ0n) is 16.4. The first-order valence-corrected chi connectivity index (χ1v) is 8.96. The van der Waals surface area contributed by atoms with E-state index in [1.54, 1.807) is 0 Å². The van der Waals surface area contributed by atoms with Crippen LogP contribution in [0.15, 0.2) is 42.5 Å². The number of hydrogen-bond acceptors (Lipinski definition) is 8. The fraction of sp³-hybridized carbons (Fsp3) is 0.300. The van der Waals surface area contributed by atoms with E-state index in [-0.39, 0.29) is 37.0 Å². The van der Waals surface area contributed by atoms with Crippen molar-refractivity contribution < 1.29 is 33.5 Å². The van der Waals surface area contributed by atoms with Crippen LogP contribution in [-0.2, 0) is 20.9 Å². The largest absolute Gasteiger partial charge is 0.493 e. The zero-order valence-corrected chi connectivity index (χ0v) is 16.4. The lowest BCUT2D eigenvalue weighted by atomic mass is 10.1. The van der Waals surface area contributed by atoms with Gasteiger partial charge >= 0.3 is 5.97 Å². The van der Waals surface area contributed by atoms with Gasteiger partial charge < -0.3 is 18.9 Å². The summed E-state index contributed by atoms with van der Waals surface area (Å²) in [6, 6.07) is 10.6. The van der Waals surface area contributed by atoms with Gasteiger partial charge in [0.2, 0.25) is 0 Å². The minimum Gasteiger partial charge on any atom is -0.493 e. The first-order chi connectivity index (χ1) is 14.5. The van der Waals surface area contributed by atoms with Gasteiger partial charge in [0.05, 0.1) is 31.8 Å². The maximum atomic E-state index is 13.0. The first-order valence-electron chi connectivity index (χ1n) is 8.96. The first kappa shape index (κ1) is 21.1. The average Bonchev–Trinajstić information content (AvgIpc) is 3.26. The van der Waals surface area contributed by atoms with E-state index < -0.39 is 28.5 Å². The van der Waals surface area contributed by atoms with Crippen molar-refractivity contribution >= 4 is 17.6 Å². The highest BCUT2D eigenvalue weighted by molar-refractivity contribution is 6.01. The number of rotatable bonds is 7. The van der Waals surface area contributed by atoms with Crippen molar-refractivity contribution in [2.24, 2.45) is 0 Å². The lowest BCUT2D eigenvalue weighted by Gasteiger charge is -2.21. The normalized spacial score (nSPS) is 15.5. The molecule has 10 nitrogen and oxygen atoms in total. The number of hydrogen-bond donors (Lipinski definition) is 0. The summed E-state index contributed by atoms with van der Waals surface area (Å²) in [5.41, 5.74) is 0.139. The monoisotopic (exact) mass is 416 g/mol. The second-order valence-corrected chi connectivity index (χ2v) is 6.37. The molecule has 1 saturated heterocycles. The molecule has 0 spiro atoms. The predicted octanol–water partition coefficient (Wildman–Crippen LogP) is 2.15. The van der Waals surface area contributed by atoms with Gasteiger partial charge in [0, 0.05) is 6.07 Å². The quantitative estimate of drug-likeness (QED) is 0.383. The maximum Gasteiger partial charge on any atom is 0.331 e. The Morgan fingerprint density at radius 2 is 1.93 bits per heavy atom. The minimum absolute atomic E-state index is 0.0540. The molecule has 1 aliphatic heterocycles. The van der Waals surface area contributed by atoms with Crippen LogP contribution in [0.4, 0.5) is 5.69 Å². The van der Waals surface area contributed by atoms with Gasteiger partial charge in [-0.15, -0.1) is 0 Å². The van der Waals surface area contributed by atoms with E-state index in [4.69, 9.17) is 14.2 Å². The lowest BCUT2D eigenvalue weighted by Crippen LogP contribution is -2.42. The van der Waals surface area contributed by atoms with E-state index >= 15 is 0 Å². The fourth-order valence-corrected chi connectivity index (χ4v) is 3.01. The van der Waals surface area contributed by atoms with Crippen LogP contribution < -0.4 is 9.47 Å². The van der Waals surface area contributed by atoms with Crippen LogP contribution in [0.5, 0.6) is 11.5 Å². The van der Waals surface area contributed by atoms with Crippen LogP contribution >= 0.6 is 0 Å². The van der Waals surface area contributed by atoms with Crippen molar-refractivity contribution in [2.75, 3.05) is 27.6 Å². The van der Waals surface area contributed by atoms with Crippen molar-refractivity contribution in [3.63, 3.8) is 0 Å². The Bertz CT molecular complexity index is 947. The van der Waals surface area contributed by atoms with Gasteiger partial charge in [-0.2, -0.15) is 0 Å². The number of nitrogens with zero attached hydrogens (tertiary/aromatic N) is 2. The fourth-order valence-electron chi connectivity index (χ4n) is 3.01. The van der Waals surface area contributed by atoms with Crippen LogP contribution in [0.25, 0.3) is 0 Å². The molecule has 1 aliphatic rings. The number of ether oxygens (including phenoxy) is 4. The predicted molar refractivity (Wildman–Crippen MR) is 103 cm³/mol. The Balaban J connectivity index is 1.93. The third kappa shape index (κ3) is 4.33. The number of carbonyl (C=O) groups excluding carboxylic acids is 2. The van der Waals surface area contributed by atoms with E-state index in [1.165, 1.54) is 20.3 Å². The molecule has 0 radical (unpaired) electrons. The molecular weight excluding hydrogens is 396 g/mol. The molecule has 1 atom stereocenters. The van der Waals surface area contributed by atoms with Gasteiger partial charge in [-0.1, -0.05) is 30.3 Å². The van der Waals surface area contributed by atoms with Crippen molar-refractivity contribution in [3.05, 3.63) is 63.7 Å². The highest BCUT2D eigenvalue weighted by atomic mass is 16.6. The van der Waals surface area contributed by atoms with E-state index in [1.807, 2.05) is 30.3 Å². The molecule has 158 valence electrons. The van der Waals surface area contributed by atoms with Crippen molar-refractivity contribution in [1.29, 1.82) is 0 Å². The van der Waals surface area contributed by atoms with Gasteiger partial charge in [-0.05, 0) is 5.56 Å². The van der Waals surface area contributed by atoms with Gasteiger partial charge in [0.25, 0.3) is 11.6 Å². The molecule has 2 aromatic rings. The highest BCUT2D eigenvalue weighted by Gasteiger charge is 2.39. The number of carbonyl (C=O) groups is 2. The minimum atomic E-state index is -0.984. The van der Waals surface area contributed by atoms with Gasteiger partial charge in [0.15, 0.2) is 17.5 Å². The van der Waals surface area contributed by atoms with Crippen LogP contribution in [0.2, 0.25) is 0 Å². The standard InChI is InChI=1S/C20H20N2O8/c1-27-17-8-14(19(23)21-12-29-11-16(21)20(24)28-2)15(22(25)26)9-18(17)30-10-13-6-4-3-5-7-13/h3-9,16H,10-12H2,1-2H3/t16-/m0/s1. The number of nitro groups is 1. The average molecular weight is 416 g/mol. The molecular formula is C20H20N2O8. The van der Waals surface area contributed by atoms with Crippen molar-refractivity contribution in [1.82, 2.24) is 4.90 Å². The Morgan fingerprint density at radius 1 is 1.20 bits per heavy atom. The summed E-state index contributed by atoms with van der Waals surface area (Å²) in [7, 11) is 2.55. The summed E-state index contributed by atoms with van der Waals surface area (Å²) in [6.07, 6.45) is 0. The molecule has 1 heterocycles. The van der Waals surface area contributed by atoms with Crippen molar-refractivity contribution in [3.8, 4) is 11.5 Å². The number of esters is 1. The molecule has 0 N–H and O–H groups in total. The number of benzene rings is 2. The van der Waals surface area contributed by atoms with E-state index in [2.05, 4.69) is 4.74 Å². The lowest BCUT2D eigenvalue weighted by molar-refractivity contribution is -0.385. The maximum absolute atomic E-state index is 13.0. The van der Waals surface area contributed by atoms with Gasteiger partial charge in [-0.25, -0.2) is 4.79 Å². The molecule has 0 bridgehead atoms. The molecule has 1 fully saturated rings. The number of methoxy groups -OCH3 is 2. The summed E-state index contributed by atoms with van der Waals surface area (Å²) >= 11 is 0. The van der Waals surface area contributed by atoms with Gasteiger partial charge in [-0.3, -0.25) is 19.8 Å². The summed E-state index contributed by atoms with van der Waals surface area (Å²) in [5, 5.41) is 11.7. The Kier molecular flexibility index (Phi) is 6.48. The molecule has 1 amide bonds.